The molecule has 1 amide bonds. The van der Waals surface area contributed by atoms with Crippen LogP contribution in [0.4, 0.5) is 0 Å². The van der Waals surface area contributed by atoms with Gasteiger partial charge in [-0.05, 0) is 42.7 Å². The van der Waals surface area contributed by atoms with Crippen molar-refractivity contribution in [1.29, 1.82) is 0 Å². The number of hydrogen-bond acceptors (Lipinski definition) is 6. The van der Waals surface area contributed by atoms with E-state index in [-0.39, 0.29) is 18.7 Å². The lowest BCUT2D eigenvalue weighted by Crippen LogP contribution is -2.34. The Balaban J connectivity index is 1.64. The number of carbonyl (C=O) groups excluding carboxylic acids is 1. The van der Waals surface area contributed by atoms with Crippen molar-refractivity contribution in [2.24, 2.45) is 0 Å². The molecule has 0 spiro atoms. The highest BCUT2D eigenvalue weighted by molar-refractivity contribution is 5.85. The van der Waals surface area contributed by atoms with Crippen LogP contribution in [0, 0.1) is 13.8 Å². The minimum absolute atomic E-state index is 0.0263. The molecule has 0 aliphatic rings. The molecule has 8 nitrogen and oxygen atoms in total. The van der Waals surface area contributed by atoms with Crippen molar-refractivity contribution in [3.8, 4) is 11.5 Å². The number of carbonyl (C=O) groups is 2. The third-order valence-electron chi connectivity index (χ3n) is 4.44. The second-order valence-electron chi connectivity index (χ2n) is 6.35. The number of aryl methyl sites for hydroxylation is 2. The van der Waals surface area contributed by atoms with Gasteiger partial charge < -0.3 is 14.9 Å². The van der Waals surface area contributed by atoms with E-state index in [9.17, 15) is 14.7 Å². The number of aliphatic carboxylic acids is 1. The van der Waals surface area contributed by atoms with Crippen molar-refractivity contribution in [2.45, 2.75) is 32.7 Å². The van der Waals surface area contributed by atoms with E-state index >= 15 is 0 Å². The van der Waals surface area contributed by atoms with Crippen LogP contribution >= 0.6 is 0 Å². The molecule has 0 aliphatic heterocycles. The number of rotatable bonds is 7. The van der Waals surface area contributed by atoms with Crippen molar-refractivity contribution < 1.29 is 19.2 Å². The van der Waals surface area contributed by atoms with Crippen LogP contribution < -0.4 is 5.32 Å². The number of hydrogen-bond donors (Lipinski definition) is 2. The van der Waals surface area contributed by atoms with E-state index in [2.05, 4.69) is 20.4 Å². The average molecular weight is 380 g/mol. The Morgan fingerprint density at radius 1 is 1.18 bits per heavy atom. The molecule has 1 atom stereocenters. The predicted molar refractivity (Wildman–Crippen MR) is 100 cm³/mol. The summed E-state index contributed by atoms with van der Waals surface area (Å²) >= 11 is 0. The van der Waals surface area contributed by atoms with Crippen LogP contribution in [0.25, 0.3) is 11.5 Å². The monoisotopic (exact) mass is 380 g/mol. The first-order valence-electron chi connectivity index (χ1n) is 8.78. The molecule has 3 aromatic rings. The second kappa shape index (κ2) is 8.43. The van der Waals surface area contributed by atoms with Crippen molar-refractivity contribution in [3.05, 3.63) is 65.2 Å². The maximum absolute atomic E-state index is 12.3. The standard InChI is InChI=1S/C20H20N4O4/c1-12-6-5-7-14(13(12)2)18(20(26)27)22-16(25)9-10-17-23-19(24-28-17)15-8-3-4-11-21-15/h3-8,11,18H,9-10H2,1-2H3,(H,22,25)(H,26,27). The first kappa shape index (κ1) is 19.2. The predicted octanol–water partition coefficient (Wildman–Crippen LogP) is 2.62. The molecule has 0 bridgehead atoms. The maximum atomic E-state index is 12.3. The fraction of sp³-hybridized carbons (Fsp3) is 0.250. The van der Waals surface area contributed by atoms with Gasteiger partial charge >= 0.3 is 5.97 Å². The van der Waals surface area contributed by atoms with Crippen LogP contribution in [0.5, 0.6) is 0 Å². The number of carboxylic acids is 1. The van der Waals surface area contributed by atoms with E-state index in [1.165, 1.54) is 0 Å². The molecule has 2 N–H and O–H groups in total. The van der Waals surface area contributed by atoms with Crippen LogP contribution in [0.1, 0.15) is 35.0 Å². The van der Waals surface area contributed by atoms with E-state index in [4.69, 9.17) is 4.52 Å². The second-order valence-corrected chi connectivity index (χ2v) is 6.35. The summed E-state index contributed by atoms with van der Waals surface area (Å²) < 4.78 is 5.14. The summed E-state index contributed by atoms with van der Waals surface area (Å²) in [5.74, 6) is -0.896. The molecular weight excluding hydrogens is 360 g/mol. The third kappa shape index (κ3) is 4.40. The summed E-state index contributed by atoms with van der Waals surface area (Å²) in [5.41, 5.74) is 2.94. The lowest BCUT2D eigenvalue weighted by atomic mass is 9.97. The Morgan fingerprint density at radius 3 is 2.71 bits per heavy atom. The highest BCUT2D eigenvalue weighted by Gasteiger charge is 2.24. The topological polar surface area (TPSA) is 118 Å². The van der Waals surface area contributed by atoms with Gasteiger partial charge in [0.2, 0.25) is 17.6 Å². The van der Waals surface area contributed by atoms with E-state index in [1.807, 2.05) is 26.0 Å². The van der Waals surface area contributed by atoms with Gasteiger partial charge in [0.1, 0.15) is 5.69 Å². The normalized spacial score (nSPS) is 11.8. The SMILES string of the molecule is Cc1cccc(C(NC(=O)CCc2nc(-c3ccccn3)no2)C(=O)O)c1C. The van der Waals surface area contributed by atoms with Gasteiger partial charge in [-0.15, -0.1) is 0 Å². The zero-order valence-electron chi connectivity index (χ0n) is 15.5. The summed E-state index contributed by atoms with van der Waals surface area (Å²) in [6.45, 7) is 3.73. The summed E-state index contributed by atoms with van der Waals surface area (Å²) in [6, 6.07) is 9.61. The zero-order valence-corrected chi connectivity index (χ0v) is 15.5. The van der Waals surface area contributed by atoms with Gasteiger partial charge in [-0.25, -0.2) is 4.79 Å². The van der Waals surface area contributed by atoms with Crippen molar-refractivity contribution in [3.63, 3.8) is 0 Å². The summed E-state index contributed by atoms with van der Waals surface area (Å²) in [5, 5.41) is 16.0. The van der Waals surface area contributed by atoms with Gasteiger partial charge in [-0.1, -0.05) is 29.4 Å². The molecule has 0 aliphatic carbocycles. The van der Waals surface area contributed by atoms with Crippen LogP contribution in [0.2, 0.25) is 0 Å². The largest absolute Gasteiger partial charge is 0.479 e. The highest BCUT2D eigenvalue weighted by atomic mass is 16.5. The molecule has 0 saturated heterocycles. The maximum Gasteiger partial charge on any atom is 0.330 e. The molecule has 2 aromatic heterocycles. The highest BCUT2D eigenvalue weighted by Crippen LogP contribution is 2.21. The molecule has 8 heteroatoms. The number of carboxylic acid groups (broad SMARTS) is 1. The summed E-state index contributed by atoms with van der Waals surface area (Å²) in [7, 11) is 0. The van der Waals surface area contributed by atoms with E-state index in [0.717, 1.165) is 11.1 Å². The molecule has 28 heavy (non-hydrogen) atoms. The van der Waals surface area contributed by atoms with Crippen molar-refractivity contribution in [1.82, 2.24) is 20.4 Å². The van der Waals surface area contributed by atoms with Gasteiger partial charge in [0.15, 0.2) is 6.04 Å². The summed E-state index contributed by atoms with van der Waals surface area (Å²) in [6.07, 6.45) is 1.85. The molecule has 144 valence electrons. The Hall–Kier alpha value is -3.55. The van der Waals surface area contributed by atoms with Crippen LogP contribution in [-0.2, 0) is 16.0 Å². The summed E-state index contributed by atoms with van der Waals surface area (Å²) in [4.78, 5) is 32.3. The van der Waals surface area contributed by atoms with E-state index in [0.29, 0.717) is 17.1 Å². The Bertz CT molecular complexity index is 985. The number of nitrogens with zero attached hydrogens (tertiary/aromatic N) is 3. The van der Waals surface area contributed by atoms with E-state index in [1.54, 1.807) is 30.5 Å². The number of pyridine rings is 1. The fourth-order valence-electron chi connectivity index (χ4n) is 2.77. The fourth-order valence-corrected chi connectivity index (χ4v) is 2.77. The number of nitrogens with one attached hydrogen (secondary N) is 1. The van der Waals surface area contributed by atoms with Crippen molar-refractivity contribution >= 4 is 11.9 Å². The number of benzene rings is 1. The van der Waals surface area contributed by atoms with Gasteiger partial charge in [-0.3, -0.25) is 9.78 Å². The molecule has 0 fully saturated rings. The minimum Gasteiger partial charge on any atom is -0.479 e. The molecule has 0 radical (unpaired) electrons. The lowest BCUT2D eigenvalue weighted by Gasteiger charge is -2.18. The molecular formula is C20H20N4O4. The van der Waals surface area contributed by atoms with Crippen LogP contribution in [0.15, 0.2) is 47.1 Å². The smallest absolute Gasteiger partial charge is 0.330 e. The van der Waals surface area contributed by atoms with Crippen LogP contribution in [-0.4, -0.2) is 32.1 Å². The number of amides is 1. The van der Waals surface area contributed by atoms with Gasteiger partial charge in [0.25, 0.3) is 0 Å². The molecule has 1 unspecified atom stereocenters. The Morgan fingerprint density at radius 2 is 2.00 bits per heavy atom. The van der Waals surface area contributed by atoms with Crippen LogP contribution in [0.3, 0.4) is 0 Å². The van der Waals surface area contributed by atoms with Gasteiger partial charge in [-0.2, -0.15) is 4.98 Å². The minimum atomic E-state index is -1.11. The molecule has 3 rings (SSSR count). The Labute approximate surface area is 161 Å². The molecule has 1 aromatic carbocycles. The lowest BCUT2D eigenvalue weighted by molar-refractivity contribution is -0.142. The quantitative estimate of drug-likeness (QED) is 0.647. The average Bonchev–Trinajstić information content (AvgIpc) is 3.16. The number of aromatic nitrogens is 3. The first-order chi connectivity index (χ1) is 13.5. The molecule has 0 saturated carbocycles. The van der Waals surface area contributed by atoms with Crippen molar-refractivity contribution in [2.75, 3.05) is 0 Å². The van der Waals surface area contributed by atoms with Gasteiger partial charge in [0, 0.05) is 19.0 Å². The van der Waals surface area contributed by atoms with E-state index < -0.39 is 17.9 Å². The van der Waals surface area contributed by atoms with Gasteiger partial charge in [0.05, 0.1) is 0 Å². The first-order valence-corrected chi connectivity index (χ1v) is 8.78. The molecule has 2 heterocycles. The Kier molecular flexibility index (Phi) is 5.78. The zero-order chi connectivity index (χ0) is 20.1. The third-order valence-corrected chi connectivity index (χ3v) is 4.44.